The van der Waals surface area contributed by atoms with Crippen LogP contribution in [0.25, 0.3) is 11.0 Å². The SMILES string of the molecule is Cn1c(=O)c(Br)cc2cnc(NC3CCC(F)(C(N)=O)CC3)nc21. The Kier molecular flexibility index (Phi) is 4.29. The Morgan fingerprint density at radius 3 is 2.79 bits per heavy atom. The summed E-state index contributed by atoms with van der Waals surface area (Å²) in [7, 11) is 1.64. The molecule has 3 N–H and O–H groups in total. The van der Waals surface area contributed by atoms with Crippen LogP contribution in [0.3, 0.4) is 0 Å². The van der Waals surface area contributed by atoms with E-state index >= 15 is 0 Å². The molecular weight excluding hydrogens is 381 g/mol. The predicted octanol–water partition coefficient (Wildman–Crippen LogP) is 1.64. The molecule has 0 aliphatic heterocycles. The van der Waals surface area contributed by atoms with Gasteiger partial charge >= 0.3 is 0 Å². The molecule has 1 saturated carbocycles. The van der Waals surface area contributed by atoms with Crippen LogP contribution in [0.15, 0.2) is 21.5 Å². The Bertz CT molecular complexity index is 861. The van der Waals surface area contributed by atoms with Crippen LogP contribution in [0.2, 0.25) is 0 Å². The predicted molar refractivity (Wildman–Crippen MR) is 91.4 cm³/mol. The van der Waals surface area contributed by atoms with E-state index in [1.807, 2.05) is 0 Å². The molecule has 0 bridgehead atoms. The van der Waals surface area contributed by atoms with E-state index in [4.69, 9.17) is 5.73 Å². The fourth-order valence-corrected chi connectivity index (χ4v) is 3.44. The van der Waals surface area contributed by atoms with E-state index in [0.29, 0.717) is 28.9 Å². The van der Waals surface area contributed by atoms with Crippen LogP contribution in [0, 0.1) is 0 Å². The first-order valence-electron chi connectivity index (χ1n) is 7.58. The summed E-state index contributed by atoms with van der Waals surface area (Å²) in [4.78, 5) is 31.7. The number of nitrogens with two attached hydrogens (primary N) is 1. The highest BCUT2D eigenvalue weighted by Crippen LogP contribution is 2.32. The van der Waals surface area contributed by atoms with Gasteiger partial charge in [-0.15, -0.1) is 0 Å². The summed E-state index contributed by atoms with van der Waals surface area (Å²) in [6, 6.07) is 1.63. The number of rotatable bonds is 3. The van der Waals surface area contributed by atoms with E-state index in [0.717, 1.165) is 5.39 Å². The minimum atomic E-state index is -1.92. The zero-order valence-corrected chi connectivity index (χ0v) is 14.6. The summed E-state index contributed by atoms with van der Waals surface area (Å²) in [6.07, 6.45) is 2.71. The van der Waals surface area contributed by atoms with Crippen molar-refractivity contribution in [3.63, 3.8) is 0 Å². The summed E-state index contributed by atoms with van der Waals surface area (Å²) >= 11 is 3.21. The van der Waals surface area contributed by atoms with Gasteiger partial charge in [0.2, 0.25) is 5.95 Å². The first-order valence-corrected chi connectivity index (χ1v) is 8.37. The fourth-order valence-electron chi connectivity index (χ4n) is 2.93. The smallest absolute Gasteiger partial charge is 0.266 e. The summed E-state index contributed by atoms with van der Waals surface area (Å²) < 4.78 is 16.1. The standard InChI is InChI=1S/C15H17BrFN5O2/c1-22-11-8(6-10(16)12(22)23)7-19-14(21-11)20-9-2-4-15(17,5-3-9)13(18)24/h6-7,9H,2-5H2,1H3,(H2,18,24)(H,19,20,21). The number of carbonyl (C=O) groups excluding carboxylic acids is 1. The van der Waals surface area contributed by atoms with Crippen molar-refractivity contribution in [1.29, 1.82) is 0 Å². The number of fused-ring (bicyclic) bond motifs is 1. The van der Waals surface area contributed by atoms with E-state index in [9.17, 15) is 14.0 Å². The van der Waals surface area contributed by atoms with Gasteiger partial charge in [0.05, 0.1) is 4.47 Å². The Balaban J connectivity index is 1.80. The molecule has 24 heavy (non-hydrogen) atoms. The van der Waals surface area contributed by atoms with E-state index < -0.39 is 11.6 Å². The van der Waals surface area contributed by atoms with Gasteiger partial charge < -0.3 is 11.1 Å². The molecule has 3 rings (SSSR count). The quantitative estimate of drug-likeness (QED) is 0.819. The van der Waals surface area contributed by atoms with Crippen molar-refractivity contribution in [2.45, 2.75) is 37.4 Å². The van der Waals surface area contributed by atoms with Crippen molar-refractivity contribution in [3.8, 4) is 0 Å². The van der Waals surface area contributed by atoms with E-state index in [2.05, 4.69) is 31.2 Å². The third-order valence-electron chi connectivity index (χ3n) is 4.46. The number of aromatic nitrogens is 3. The molecule has 1 amide bonds. The van der Waals surface area contributed by atoms with Crippen LogP contribution in [-0.4, -0.2) is 32.2 Å². The molecule has 0 saturated heterocycles. The first kappa shape index (κ1) is 16.8. The van der Waals surface area contributed by atoms with Crippen molar-refractivity contribution in [2.75, 3.05) is 5.32 Å². The van der Waals surface area contributed by atoms with Crippen LogP contribution in [0.4, 0.5) is 10.3 Å². The second-order valence-corrected chi connectivity index (χ2v) is 6.93. The van der Waals surface area contributed by atoms with E-state index in [1.165, 1.54) is 4.57 Å². The maximum absolute atomic E-state index is 14.2. The van der Waals surface area contributed by atoms with Crippen LogP contribution in [-0.2, 0) is 11.8 Å². The number of nitrogens with one attached hydrogen (secondary N) is 1. The molecule has 7 nitrogen and oxygen atoms in total. The van der Waals surface area contributed by atoms with Gasteiger partial charge in [0, 0.05) is 24.7 Å². The number of aryl methyl sites for hydroxylation is 1. The largest absolute Gasteiger partial charge is 0.367 e. The molecule has 128 valence electrons. The maximum Gasteiger partial charge on any atom is 0.266 e. The Hall–Kier alpha value is -2.03. The Morgan fingerprint density at radius 2 is 2.17 bits per heavy atom. The third kappa shape index (κ3) is 3.00. The maximum atomic E-state index is 14.2. The number of pyridine rings is 1. The van der Waals surface area contributed by atoms with Gasteiger partial charge in [-0.3, -0.25) is 14.2 Å². The van der Waals surface area contributed by atoms with E-state index in [-0.39, 0.29) is 24.4 Å². The van der Waals surface area contributed by atoms with Gasteiger partial charge in [-0.25, -0.2) is 9.37 Å². The number of halogens is 2. The van der Waals surface area contributed by atoms with Gasteiger partial charge in [-0.1, -0.05) is 0 Å². The molecular formula is C15H17BrFN5O2. The zero-order chi connectivity index (χ0) is 17.5. The van der Waals surface area contributed by atoms with Gasteiger partial charge in [0.15, 0.2) is 5.67 Å². The lowest BCUT2D eigenvalue weighted by atomic mass is 9.83. The zero-order valence-electron chi connectivity index (χ0n) is 13.1. The van der Waals surface area contributed by atoms with Crippen molar-refractivity contribution < 1.29 is 9.18 Å². The molecule has 1 aliphatic rings. The highest BCUT2D eigenvalue weighted by Gasteiger charge is 2.40. The molecule has 0 unspecified atom stereocenters. The second-order valence-electron chi connectivity index (χ2n) is 6.08. The number of hydrogen-bond donors (Lipinski definition) is 2. The van der Waals surface area contributed by atoms with Crippen LogP contribution < -0.4 is 16.6 Å². The van der Waals surface area contributed by atoms with E-state index in [1.54, 1.807) is 19.3 Å². The fraction of sp³-hybridized carbons (Fsp3) is 0.467. The normalized spacial score (nSPS) is 24.0. The Morgan fingerprint density at radius 1 is 1.50 bits per heavy atom. The van der Waals surface area contributed by atoms with Crippen molar-refractivity contribution >= 4 is 38.8 Å². The number of carbonyl (C=O) groups is 1. The lowest BCUT2D eigenvalue weighted by Gasteiger charge is -2.31. The molecule has 2 aromatic heterocycles. The van der Waals surface area contributed by atoms with Gasteiger partial charge in [-0.05, 0) is 47.7 Å². The van der Waals surface area contributed by atoms with Crippen LogP contribution >= 0.6 is 15.9 Å². The minimum absolute atomic E-state index is 0.0434. The molecule has 0 atom stereocenters. The summed E-state index contributed by atoms with van der Waals surface area (Å²) in [6.45, 7) is 0. The summed E-state index contributed by atoms with van der Waals surface area (Å²) in [5, 5.41) is 3.87. The number of hydrogen-bond acceptors (Lipinski definition) is 5. The second kappa shape index (κ2) is 6.12. The third-order valence-corrected chi connectivity index (χ3v) is 5.03. The van der Waals surface area contributed by atoms with Crippen LogP contribution in [0.5, 0.6) is 0 Å². The molecule has 0 radical (unpaired) electrons. The van der Waals surface area contributed by atoms with Gasteiger partial charge in [0.1, 0.15) is 5.65 Å². The average Bonchev–Trinajstić information content (AvgIpc) is 2.55. The summed E-state index contributed by atoms with van der Waals surface area (Å²) in [5.41, 5.74) is 3.51. The molecule has 2 heterocycles. The van der Waals surface area contributed by atoms with Crippen molar-refractivity contribution in [2.24, 2.45) is 12.8 Å². The minimum Gasteiger partial charge on any atom is -0.367 e. The number of anilines is 1. The van der Waals surface area contributed by atoms with Gasteiger partial charge in [-0.2, -0.15) is 4.98 Å². The lowest BCUT2D eigenvalue weighted by Crippen LogP contribution is -2.45. The first-order chi connectivity index (χ1) is 11.3. The van der Waals surface area contributed by atoms with Crippen molar-refractivity contribution in [3.05, 3.63) is 27.1 Å². The number of amides is 1. The molecule has 9 heteroatoms. The number of primary amides is 1. The monoisotopic (exact) mass is 397 g/mol. The summed E-state index contributed by atoms with van der Waals surface area (Å²) in [5.74, 6) is -0.529. The van der Waals surface area contributed by atoms with Crippen molar-refractivity contribution in [1.82, 2.24) is 14.5 Å². The lowest BCUT2D eigenvalue weighted by molar-refractivity contribution is -0.131. The molecule has 1 fully saturated rings. The average molecular weight is 398 g/mol. The molecule has 1 aliphatic carbocycles. The molecule has 0 aromatic carbocycles. The highest BCUT2D eigenvalue weighted by molar-refractivity contribution is 9.10. The topological polar surface area (TPSA) is 103 Å². The number of nitrogens with zero attached hydrogens (tertiary/aromatic N) is 3. The molecule has 2 aromatic rings. The molecule has 0 spiro atoms. The van der Waals surface area contributed by atoms with Crippen LogP contribution in [0.1, 0.15) is 25.7 Å². The Labute approximate surface area is 145 Å². The van der Waals surface area contributed by atoms with Gasteiger partial charge in [0.25, 0.3) is 11.5 Å². The number of alkyl halides is 1. The highest BCUT2D eigenvalue weighted by atomic mass is 79.9.